The summed E-state index contributed by atoms with van der Waals surface area (Å²) in [5, 5.41) is 4.43. The van der Waals surface area contributed by atoms with Crippen molar-refractivity contribution in [3.63, 3.8) is 0 Å². The molecule has 2 heterocycles. The molecule has 0 fully saturated rings. The number of carbonyl (C=O) groups excluding carboxylic acids is 1. The SMILES string of the molecule is Cc1cc(C)c2nc(NC(=O)/C=C/c3ccc(-c4cc(Cl)cc(Cl)c4)o3)sc2c1. The minimum absolute atomic E-state index is 0.276. The molecule has 0 spiro atoms. The van der Waals surface area contributed by atoms with Crippen LogP contribution in [0.15, 0.2) is 53.0 Å². The van der Waals surface area contributed by atoms with E-state index in [1.807, 2.05) is 13.8 Å². The second kappa shape index (κ2) is 8.03. The number of nitrogens with one attached hydrogen (secondary N) is 1. The lowest BCUT2D eigenvalue weighted by Gasteiger charge is -1.99. The van der Waals surface area contributed by atoms with Crippen LogP contribution >= 0.6 is 34.5 Å². The number of thiazole rings is 1. The molecule has 2 aromatic heterocycles. The monoisotopic (exact) mass is 442 g/mol. The summed E-state index contributed by atoms with van der Waals surface area (Å²) in [6, 6.07) is 12.9. The van der Waals surface area contributed by atoms with E-state index in [1.54, 1.807) is 36.4 Å². The lowest BCUT2D eigenvalue weighted by molar-refractivity contribution is -0.111. The zero-order valence-corrected chi connectivity index (χ0v) is 18.0. The molecular weight excluding hydrogens is 427 g/mol. The molecule has 146 valence electrons. The van der Waals surface area contributed by atoms with Crippen molar-refractivity contribution in [2.24, 2.45) is 0 Å². The number of rotatable bonds is 4. The second-order valence-electron chi connectivity index (χ2n) is 6.63. The van der Waals surface area contributed by atoms with E-state index in [0.29, 0.717) is 26.7 Å². The molecular formula is C22H16Cl2N2O2S. The number of amides is 1. The molecule has 1 amide bonds. The Hall–Kier alpha value is -2.60. The highest BCUT2D eigenvalue weighted by atomic mass is 35.5. The van der Waals surface area contributed by atoms with Gasteiger partial charge in [0, 0.05) is 21.7 Å². The molecule has 1 N–H and O–H groups in total. The van der Waals surface area contributed by atoms with Gasteiger partial charge < -0.3 is 4.42 Å². The van der Waals surface area contributed by atoms with Crippen LogP contribution < -0.4 is 5.32 Å². The van der Waals surface area contributed by atoms with Gasteiger partial charge in [-0.1, -0.05) is 40.6 Å². The van der Waals surface area contributed by atoms with Crippen molar-refractivity contribution in [2.75, 3.05) is 5.32 Å². The number of carbonyl (C=O) groups is 1. The van der Waals surface area contributed by atoms with E-state index in [0.717, 1.165) is 21.3 Å². The molecule has 0 aliphatic rings. The van der Waals surface area contributed by atoms with Crippen LogP contribution in [0.25, 0.3) is 27.6 Å². The number of benzene rings is 2. The zero-order valence-electron chi connectivity index (χ0n) is 15.6. The molecule has 0 unspecified atom stereocenters. The fraction of sp³-hybridized carbons (Fsp3) is 0.0909. The smallest absolute Gasteiger partial charge is 0.250 e. The third-order valence-electron chi connectivity index (χ3n) is 4.23. The van der Waals surface area contributed by atoms with Crippen LogP contribution in [0.4, 0.5) is 5.13 Å². The van der Waals surface area contributed by atoms with Crippen LogP contribution in [0.1, 0.15) is 16.9 Å². The third-order valence-corrected chi connectivity index (χ3v) is 5.59. The summed E-state index contributed by atoms with van der Waals surface area (Å²) in [7, 11) is 0. The van der Waals surface area contributed by atoms with Gasteiger partial charge in [-0.3, -0.25) is 10.1 Å². The van der Waals surface area contributed by atoms with E-state index >= 15 is 0 Å². The Labute approximate surface area is 181 Å². The Bertz CT molecular complexity index is 1240. The molecule has 4 nitrogen and oxygen atoms in total. The molecule has 0 radical (unpaired) electrons. The molecule has 0 saturated heterocycles. The average molecular weight is 443 g/mol. The van der Waals surface area contributed by atoms with E-state index in [2.05, 4.69) is 22.4 Å². The molecule has 7 heteroatoms. The normalized spacial score (nSPS) is 11.4. The van der Waals surface area contributed by atoms with Gasteiger partial charge in [0.25, 0.3) is 0 Å². The Morgan fingerprint density at radius 3 is 2.62 bits per heavy atom. The summed E-state index contributed by atoms with van der Waals surface area (Å²) in [5.74, 6) is 0.885. The minimum Gasteiger partial charge on any atom is -0.457 e. The highest BCUT2D eigenvalue weighted by Gasteiger charge is 2.09. The number of halogens is 2. The molecule has 29 heavy (non-hydrogen) atoms. The first kappa shape index (κ1) is 19.7. The number of furan rings is 1. The molecule has 4 aromatic rings. The second-order valence-corrected chi connectivity index (χ2v) is 8.53. The number of anilines is 1. The van der Waals surface area contributed by atoms with Crippen LogP contribution in [0.3, 0.4) is 0 Å². The van der Waals surface area contributed by atoms with Gasteiger partial charge in [-0.25, -0.2) is 4.98 Å². The van der Waals surface area contributed by atoms with Gasteiger partial charge in [0.05, 0.1) is 10.2 Å². The standard InChI is InChI=1S/C22H16Cl2N2O2S/c1-12-7-13(2)21-19(8-12)29-22(26-21)25-20(27)6-4-17-3-5-18(28-17)14-9-15(23)11-16(24)10-14/h3-11H,1-2H3,(H,25,26,27)/b6-4+. The van der Waals surface area contributed by atoms with Crippen molar-refractivity contribution >= 4 is 61.9 Å². The van der Waals surface area contributed by atoms with Crippen LogP contribution in [0.2, 0.25) is 10.0 Å². The average Bonchev–Trinajstić information content (AvgIpc) is 3.26. The number of aryl methyl sites for hydroxylation is 2. The number of hydrogen-bond donors (Lipinski definition) is 1. The maximum Gasteiger partial charge on any atom is 0.250 e. The maximum absolute atomic E-state index is 12.3. The lowest BCUT2D eigenvalue weighted by Crippen LogP contribution is -2.07. The van der Waals surface area contributed by atoms with Crippen LogP contribution in [0.5, 0.6) is 0 Å². The predicted molar refractivity (Wildman–Crippen MR) is 121 cm³/mol. The number of hydrogen-bond acceptors (Lipinski definition) is 4. The van der Waals surface area contributed by atoms with Crippen molar-refractivity contribution in [2.45, 2.75) is 13.8 Å². The Morgan fingerprint density at radius 1 is 1.10 bits per heavy atom. The van der Waals surface area contributed by atoms with Gasteiger partial charge in [-0.15, -0.1) is 0 Å². The fourth-order valence-corrected chi connectivity index (χ4v) is 4.59. The fourth-order valence-electron chi connectivity index (χ4n) is 3.02. The highest BCUT2D eigenvalue weighted by molar-refractivity contribution is 7.22. The Morgan fingerprint density at radius 2 is 1.86 bits per heavy atom. The Kier molecular flexibility index (Phi) is 5.46. The number of fused-ring (bicyclic) bond motifs is 1. The molecule has 0 aliphatic heterocycles. The number of aromatic nitrogens is 1. The van der Waals surface area contributed by atoms with E-state index < -0.39 is 0 Å². The predicted octanol–water partition coefficient (Wildman–Crippen LogP) is 7.13. The summed E-state index contributed by atoms with van der Waals surface area (Å²) >= 11 is 13.5. The molecule has 4 rings (SSSR count). The van der Waals surface area contributed by atoms with Gasteiger partial charge in [0.15, 0.2) is 5.13 Å². The number of nitrogens with zero attached hydrogens (tertiary/aromatic N) is 1. The zero-order chi connectivity index (χ0) is 20.5. The van der Waals surface area contributed by atoms with E-state index in [-0.39, 0.29) is 5.91 Å². The van der Waals surface area contributed by atoms with Crippen LogP contribution in [-0.4, -0.2) is 10.9 Å². The Balaban J connectivity index is 1.47. The molecule has 0 aliphatic carbocycles. The molecule has 2 aromatic carbocycles. The van der Waals surface area contributed by atoms with E-state index in [9.17, 15) is 4.79 Å². The van der Waals surface area contributed by atoms with Crippen LogP contribution in [-0.2, 0) is 4.79 Å². The summed E-state index contributed by atoms with van der Waals surface area (Å²) < 4.78 is 6.81. The quantitative estimate of drug-likeness (QED) is 0.341. The summed E-state index contributed by atoms with van der Waals surface area (Å²) in [6.45, 7) is 4.06. The largest absolute Gasteiger partial charge is 0.457 e. The van der Waals surface area contributed by atoms with Gasteiger partial charge in [0.2, 0.25) is 5.91 Å². The van der Waals surface area contributed by atoms with Crippen molar-refractivity contribution in [1.29, 1.82) is 0 Å². The molecule has 0 bridgehead atoms. The molecule has 0 atom stereocenters. The van der Waals surface area contributed by atoms with E-state index in [4.69, 9.17) is 27.6 Å². The lowest BCUT2D eigenvalue weighted by atomic mass is 10.1. The van der Waals surface area contributed by atoms with E-state index in [1.165, 1.54) is 23.0 Å². The molecule has 0 saturated carbocycles. The van der Waals surface area contributed by atoms with Gasteiger partial charge in [0.1, 0.15) is 11.5 Å². The van der Waals surface area contributed by atoms with Crippen LogP contribution in [0, 0.1) is 13.8 Å². The van der Waals surface area contributed by atoms with Gasteiger partial charge >= 0.3 is 0 Å². The summed E-state index contributed by atoms with van der Waals surface area (Å²) in [6.07, 6.45) is 3.02. The topological polar surface area (TPSA) is 55.1 Å². The summed E-state index contributed by atoms with van der Waals surface area (Å²) in [5.41, 5.74) is 3.95. The van der Waals surface area contributed by atoms with Crippen molar-refractivity contribution < 1.29 is 9.21 Å². The van der Waals surface area contributed by atoms with Crippen molar-refractivity contribution in [3.8, 4) is 11.3 Å². The van der Waals surface area contributed by atoms with Crippen molar-refractivity contribution in [3.05, 3.63) is 75.5 Å². The first-order chi connectivity index (χ1) is 13.9. The third kappa shape index (κ3) is 4.53. The summed E-state index contributed by atoms with van der Waals surface area (Å²) in [4.78, 5) is 16.8. The van der Waals surface area contributed by atoms with Crippen molar-refractivity contribution in [1.82, 2.24) is 4.98 Å². The first-order valence-electron chi connectivity index (χ1n) is 8.80. The highest BCUT2D eigenvalue weighted by Crippen LogP contribution is 2.30. The first-order valence-corrected chi connectivity index (χ1v) is 10.4. The van der Waals surface area contributed by atoms with Gasteiger partial charge in [-0.2, -0.15) is 0 Å². The van der Waals surface area contributed by atoms with Gasteiger partial charge in [-0.05, 0) is 67.4 Å². The maximum atomic E-state index is 12.3. The minimum atomic E-state index is -0.276.